The topological polar surface area (TPSA) is 26.0 Å². The smallest absolute Gasteiger partial charge is 0.326 e. The molecule has 0 bridgehead atoms. The molecule has 0 fully saturated rings. The van der Waals surface area contributed by atoms with Gasteiger partial charge in [0.05, 0.1) is 0 Å². The van der Waals surface area contributed by atoms with E-state index in [4.69, 9.17) is 5.73 Å². The first-order chi connectivity index (χ1) is 3.93. The van der Waals surface area contributed by atoms with Crippen LogP contribution >= 0.6 is 12.4 Å². The summed E-state index contributed by atoms with van der Waals surface area (Å²) in [6.07, 6.45) is 0. The highest BCUT2D eigenvalue weighted by atomic mass is 35.5. The molecule has 0 atom stereocenters. The Bertz CT molecular complexity index is 155. The van der Waals surface area contributed by atoms with Gasteiger partial charge in [0.25, 0.3) is 0 Å². The second kappa shape index (κ2) is 4.36. The Morgan fingerprint density at radius 2 is 1.78 bits per heavy atom. The maximum atomic E-state index is 5.35. The Morgan fingerprint density at radius 3 is 2.11 bits per heavy atom. The number of nitrogens with two attached hydrogens (primary N) is 1. The maximum Gasteiger partial charge on any atom is 1.00 e. The fourth-order valence-corrected chi connectivity index (χ4v) is 0.614. The Balaban J connectivity index is 0. The highest BCUT2D eigenvalue weighted by Gasteiger charge is 1.80. The lowest BCUT2D eigenvalue weighted by Gasteiger charge is -1.90. The molecule has 1 rings (SSSR count). The molecule has 0 aliphatic carbocycles. The van der Waals surface area contributed by atoms with Gasteiger partial charge >= 0.3 is 1.43 Å². The molecular weight excluding hydrogens is 134 g/mol. The van der Waals surface area contributed by atoms with E-state index in [-0.39, 0.29) is 13.8 Å². The Kier molecular flexibility index (Phi) is 4.10. The third-order valence-electron chi connectivity index (χ3n) is 1.08. The highest BCUT2D eigenvalue weighted by Crippen LogP contribution is 1.94. The lowest BCUT2D eigenvalue weighted by molar-refractivity contribution is 1.07. The normalized spacial score (nSPS) is 8.11. The summed E-state index contributed by atoms with van der Waals surface area (Å²) in [6, 6.07) is 9.99. The van der Waals surface area contributed by atoms with Gasteiger partial charge in [-0.2, -0.15) is 0 Å². The monoisotopic (exact) mass is 144 g/mol. The number of halogens is 1. The first-order valence-corrected chi connectivity index (χ1v) is 2.67. The van der Waals surface area contributed by atoms with Crippen molar-refractivity contribution >= 4 is 12.4 Å². The molecular formula is C7H11ClN+. The molecule has 0 unspecified atom stereocenters. The van der Waals surface area contributed by atoms with Crippen LogP contribution in [0.4, 0.5) is 0 Å². The van der Waals surface area contributed by atoms with Crippen LogP contribution in [0, 0.1) is 0 Å². The van der Waals surface area contributed by atoms with Crippen molar-refractivity contribution in [1.82, 2.24) is 0 Å². The van der Waals surface area contributed by atoms with Crippen LogP contribution in [0.5, 0.6) is 0 Å². The van der Waals surface area contributed by atoms with Gasteiger partial charge in [-0.25, -0.2) is 0 Å². The third-order valence-corrected chi connectivity index (χ3v) is 1.08. The highest BCUT2D eigenvalue weighted by molar-refractivity contribution is 5.85. The summed E-state index contributed by atoms with van der Waals surface area (Å²) < 4.78 is 0. The van der Waals surface area contributed by atoms with Crippen molar-refractivity contribution in [3.63, 3.8) is 0 Å². The van der Waals surface area contributed by atoms with Crippen LogP contribution in [0.25, 0.3) is 0 Å². The minimum absolute atomic E-state index is 0. The lowest BCUT2D eigenvalue weighted by atomic mass is 10.2. The molecule has 0 spiro atoms. The Labute approximate surface area is 62.8 Å². The van der Waals surface area contributed by atoms with Crippen molar-refractivity contribution in [3.8, 4) is 0 Å². The summed E-state index contributed by atoms with van der Waals surface area (Å²) in [5, 5.41) is 0. The van der Waals surface area contributed by atoms with Crippen molar-refractivity contribution in [3.05, 3.63) is 35.9 Å². The molecule has 1 aromatic rings. The van der Waals surface area contributed by atoms with Crippen molar-refractivity contribution in [2.75, 3.05) is 0 Å². The fraction of sp³-hybridized carbons (Fsp3) is 0.143. The van der Waals surface area contributed by atoms with E-state index in [2.05, 4.69) is 0 Å². The van der Waals surface area contributed by atoms with E-state index < -0.39 is 0 Å². The SMILES string of the molecule is Cl.NCc1ccccc1.[H+]. The first-order valence-electron chi connectivity index (χ1n) is 2.67. The molecule has 50 valence electrons. The van der Waals surface area contributed by atoms with Crippen LogP contribution in [0.2, 0.25) is 0 Å². The summed E-state index contributed by atoms with van der Waals surface area (Å²) in [7, 11) is 0. The van der Waals surface area contributed by atoms with Gasteiger partial charge in [-0.05, 0) is 5.56 Å². The van der Waals surface area contributed by atoms with Crippen LogP contribution < -0.4 is 5.73 Å². The van der Waals surface area contributed by atoms with Crippen molar-refractivity contribution in [2.45, 2.75) is 6.54 Å². The van der Waals surface area contributed by atoms with Crippen molar-refractivity contribution in [1.29, 1.82) is 0 Å². The van der Waals surface area contributed by atoms with E-state index in [1.54, 1.807) is 0 Å². The molecule has 0 amide bonds. The van der Waals surface area contributed by atoms with Gasteiger partial charge in [-0.3, -0.25) is 0 Å². The van der Waals surface area contributed by atoms with Crippen LogP contribution in [-0.4, -0.2) is 0 Å². The zero-order valence-electron chi connectivity index (χ0n) is 6.08. The summed E-state index contributed by atoms with van der Waals surface area (Å²) in [6.45, 7) is 0.640. The number of benzene rings is 1. The Morgan fingerprint density at radius 1 is 1.22 bits per heavy atom. The second-order valence-corrected chi connectivity index (χ2v) is 1.69. The molecule has 9 heavy (non-hydrogen) atoms. The van der Waals surface area contributed by atoms with E-state index in [9.17, 15) is 0 Å². The standard InChI is InChI=1S/C7H9N.ClH/c8-6-7-4-2-1-3-5-7;/h1-5H,6,8H2;1H/p+1. The summed E-state index contributed by atoms with van der Waals surface area (Å²) in [5.74, 6) is 0. The quantitative estimate of drug-likeness (QED) is 0.638. The molecule has 1 nitrogen and oxygen atoms in total. The molecule has 0 aromatic heterocycles. The summed E-state index contributed by atoms with van der Waals surface area (Å²) in [5.41, 5.74) is 6.54. The second-order valence-electron chi connectivity index (χ2n) is 1.69. The molecule has 0 saturated heterocycles. The molecule has 0 aliphatic rings. The number of hydrogen-bond acceptors (Lipinski definition) is 1. The number of rotatable bonds is 1. The molecule has 2 N–H and O–H groups in total. The Hall–Kier alpha value is -0.530. The molecule has 0 saturated carbocycles. The zero-order chi connectivity index (χ0) is 5.82. The van der Waals surface area contributed by atoms with Crippen molar-refractivity contribution < 1.29 is 1.43 Å². The van der Waals surface area contributed by atoms with E-state index in [1.165, 1.54) is 5.56 Å². The van der Waals surface area contributed by atoms with Crippen LogP contribution in [0.1, 0.15) is 6.99 Å². The van der Waals surface area contributed by atoms with Gasteiger partial charge < -0.3 is 5.73 Å². The van der Waals surface area contributed by atoms with Gasteiger partial charge in [0, 0.05) is 6.54 Å². The predicted octanol–water partition coefficient (Wildman–Crippen LogP) is 1.68. The average molecular weight is 145 g/mol. The van der Waals surface area contributed by atoms with E-state index in [0.717, 1.165) is 0 Å². The van der Waals surface area contributed by atoms with Gasteiger partial charge in [-0.15, -0.1) is 12.4 Å². The molecule has 0 heterocycles. The molecule has 0 radical (unpaired) electrons. The largest absolute Gasteiger partial charge is 1.00 e. The first kappa shape index (κ1) is 8.47. The third kappa shape index (κ3) is 2.49. The van der Waals surface area contributed by atoms with Crippen LogP contribution in [0.3, 0.4) is 0 Å². The zero-order valence-corrected chi connectivity index (χ0v) is 5.90. The van der Waals surface area contributed by atoms with Gasteiger partial charge in [0.2, 0.25) is 0 Å². The predicted molar refractivity (Wildman–Crippen MR) is 42.7 cm³/mol. The minimum atomic E-state index is 0. The fourth-order valence-electron chi connectivity index (χ4n) is 0.614. The van der Waals surface area contributed by atoms with E-state index >= 15 is 0 Å². The van der Waals surface area contributed by atoms with E-state index in [1.807, 2.05) is 30.3 Å². The van der Waals surface area contributed by atoms with Gasteiger partial charge in [-0.1, -0.05) is 30.3 Å². The number of hydrogen-bond donors (Lipinski definition) is 1. The average Bonchev–Trinajstić information content (AvgIpc) is 1.90. The van der Waals surface area contributed by atoms with Crippen LogP contribution in [0.15, 0.2) is 30.3 Å². The summed E-state index contributed by atoms with van der Waals surface area (Å²) >= 11 is 0. The van der Waals surface area contributed by atoms with Gasteiger partial charge in [0.1, 0.15) is 0 Å². The molecule has 0 aliphatic heterocycles. The minimum Gasteiger partial charge on any atom is -0.326 e. The summed E-state index contributed by atoms with van der Waals surface area (Å²) in [4.78, 5) is 0. The lowest BCUT2D eigenvalue weighted by Crippen LogP contribution is -1.94. The van der Waals surface area contributed by atoms with Gasteiger partial charge in [0.15, 0.2) is 0 Å². The van der Waals surface area contributed by atoms with E-state index in [0.29, 0.717) is 6.54 Å². The van der Waals surface area contributed by atoms with Crippen molar-refractivity contribution in [2.24, 2.45) is 5.73 Å². The molecule has 2 heteroatoms. The molecule has 1 aromatic carbocycles. The maximum absolute atomic E-state index is 5.35. The van der Waals surface area contributed by atoms with Crippen LogP contribution in [-0.2, 0) is 6.54 Å².